The van der Waals surface area contributed by atoms with Crippen molar-refractivity contribution in [3.8, 4) is 0 Å². The van der Waals surface area contributed by atoms with Gasteiger partial charge in [0.05, 0.1) is 6.42 Å². The number of nitrogens with zero attached hydrogens (tertiary/aromatic N) is 1. The summed E-state index contributed by atoms with van der Waals surface area (Å²) in [6.07, 6.45) is -0.181. The van der Waals surface area contributed by atoms with Crippen LogP contribution >= 0.6 is 23.2 Å². The highest BCUT2D eigenvalue weighted by molar-refractivity contribution is 6.34. The van der Waals surface area contributed by atoms with Crippen molar-refractivity contribution in [2.75, 3.05) is 7.05 Å². The normalized spacial score (nSPS) is 10.2. The Hall–Kier alpha value is -1.26. The number of hydrogen-bond acceptors (Lipinski definition) is 2. The molecule has 0 unspecified atom stereocenters. The van der Waals surface area contributed by atoms with Gasteiger partial charge in [-0.05, 0) is 23.8 Å². The summed E-state index contributed by atoms with van der Waals surface area (Å²) >= 11 is 11.7. The summed E-state index contributed by atoms with van der Waals surface area (Å²) in [7, 11) is 1.61. The molecular formula is C12H13Cl2NO3. The molecule has 18 heavy (non-hydrogen) atoms. The highest BCUT2D eigenvalue weighted by Crippen LogP contribution is 2.20. The zero-order chi connectivity index (χ0) is 13.7. The van der Waals surface area contributed by atoms with E-state index in [9.17, 15) is 9.59 Å². The number of halogens is 2. The van der Waals surface area contributed by atoms with Crippen molar-refractivity contribution in [2.24, 2.45) is 0 Å². The largest absolute Gasteiger partial charge is 0.481 e. The van der Waals surface area contributed by atoms with Crippen LogP contribution in [-0.2, 0) is 16.1 Å². The summed E-state index contributed by atoms with van der Waals surface area (Å²) in [6.45, 7) is 0.346. The number of hydrogen-bond donors (Lipinski definition) is 1. The molecule has 98 valence electrons. The van der Waals surface area contributed by atoms with E-state index in [0.29, 0.717) is 16.6 Å². The first-order valence-corrected chi connectivity index (χ1v) is 6.05. The van der Waals surface area contributed by atoms with E-state index in [0.717, 1.165) is 5.56 Å². The molecule has 6 heteroatoms. The molecule has 1 aromatic carbocycles. The van der Waals surface area contributed by atoms with E-state index in [1.807, 2.05) is 0 Å². The zero-order valence-corrected chi connectivity index (χ0v) is 11.3. The van der Waals surface area contributed by atoms with Gasteiger partial charge in [0.15, 0.2) is 0 Å². The molecule has 0 saturated heterocycles. The highest BCUT2D eigenvalue weighted by Gasteiger charge is 2.11. The first kappa shape index (κ1) is 14.8. The maximum absolute atomic E-state index is 11.6. The van der Waals surface area contributed by atoms with E-state index >= 15 is 0 Å². The third-order valence-electron chi connectivity index (χ3n) is 2.32. The fourth-order valence-electron chi connectivity index (χ4n) is 1.47. The highest BCUT2D eigenvalue weighted by atomic mass is 35.5. The quantitative estimate of drug-likeness (QED) is 0.907. The molecule has 0 spiro atoms. The molecule has 0 radical (unpaired) electrons. The number of rotatable bonds is 5. The standard InChI is InChI=1S/C12H13Cl2NO3/c1-15(11(16)2-3-12(17)18)7-8-4-9(13)6-10(14)5-8/h4-6H,2-3,7H2,1H3,(H,17,18). The molecule has 0 aromatic heterocycles. The van der Waals surface area contributed by atoms with Gasteiger partial charge in [-0.25, -0.2) is 0 Å². The van der Waals surface area contributed by atoms with Gasteiger partial charge in [-0.15, -0.1) is 0 Å². The number of carbonyl (C=O) groups is 2. The lowest BCUT2D eigenvalue weighted by Gasteiger charge is -2.17. The van der Waals surface area contributed by atoms with Crippen molar-refractivity contribution in [3.05, 3.63) is 33.8 Å². The number of carboxylic acid groups (broad SMARTS) is 1. The summed E-state index contributed by atoms with van der Waals surface area (Å²) in [4.78, 5) is 23.4. The first-order valence-electron chi connectivity index (χ1n) is 5.29. The number of benzene rings is 1. The second-order valence-corrected chi connectivity index (χ2v) is 4.79. The van der Waals surface area contributed by atoms with Gasteiger partial charge >= 0.3 is 5.97 Å². The molecule has 1 amide bonds. The SMILES string of the molecule is CN(Cc1cc(Cl)cc(Cl)c1)C(=O)CCC(=O)O. The summed E-state index contributed by atoms with van der Waals surface area (Å²) in [5.74, 6) is -1.21. The second kappa shape index (κ2) is 6.61. The van der Waals surface area contributed by atoms with Crippen molar-refractivity contribution in [1.29, 1.82) is 0 Å². The van der Waals surface area contributed by atoms with E-state index in [2.05, 4.69) is 0 Å². The summed E-state index contributed by atoms with van der Waals surface area (Å²) in [5.41, 5.74) is 0.804. The molecule has 0 atom stereocenters. The lowest BCUT2D eigenvalue weighted by molar-refractivity contribution is -0.140. The Kier molecular flexibility index (Phi) is 5.44. The molecule has 1 aromatic rings. The van der Waals surface area contributed by atoms with Crippen molar-refractivity contribution in [1.82, 2.24) is 4.90 Å². The van der Waals surface area contributed by atoms with Crippen LogP contribution < -0.4 is 0 Å². The van der Waals surface area contributed by atoms with Crippen molar-refractivity contribution >= 4 is 35.1 Å². The van der Waals surface area contributed by atoms with Crippen LogP contribution in [0, 0.1) is 0 Å². The van der Waals surface area contributed by atoms with Crippen molar-refractivity contribution in [3.63, 3.8) is 0 Å². The van der Waals surface area contributed by atoms with Gasteiger partial charge in [-0.1, -0.05) is 23.2 Å². The Morgan fingerprint density at radius 3 is 2.22 bits per heavy atom. The molecule has 0 heterocycles. The number of carbonyl (C=O) groups excluding carboxylic acids is 1. The van der Waals surface area contributed by atoms with Gasteiger partial charge in [0.25, 0.3) is 0 Å². The summed E-state index contributed by atoms with van der Waals surface area (Å²) in [6, 6.07) is 5.04. The molecule has 1 N–H and O–H groups in total. The fraction of sp³-hybridized carbons (Fsp3) is 0.333. The molecule has 1 rings (SSSR count). The minimum absolute atomic E-state index is 0.0138. The number of amides is 1. The van der Waals surface area contributed by atoms with E-state index in [1.165, 1.54) is 4.90 Å². The maximum Gasteiger partial charge on any atom is 0.303 e. The number of aliphatic carboxylic acids is 1. The van der Waals surface area contributed by atoms with Gasteiger partial charge in [0.1, 0.15) is 0 Å². The lowest BCUT2D eigenvalue weighted by Crippen LogP contribution is -2.26. The average molecular weight is 290 g/mol. The van der Waals surface area contributed by atoms with Gasteiger partial charge < -0.3 is 10.0 Å². The smallest absolute Gasteiger partial charge is 0.303 e. The van der Waals surface area contributed by atoms with Crippen LogP contribution in [0.2, 0.25) is 10.0 Å². The molecule has 0 aliphatic rings. The minimum Gasteiger partial charge on any atom is -0.481 e. The van der Waals surface area contributed by atoms with E-state index in [-0.39, 0.29) is 18.7 Å². The Morgan fingerprint density at radius 2 is 1.72 bits per heavy atom. The second-order valence-electron chi connectivity index (χ2n) is 3.92. The van der Waals surface area contributed by atoms with Gasteiger partial charge in [0.2, 0.25) is 5.91 Å². The Morgan fingerprint density at radius 1 is 1.17 bits per heavy atom. The van der Waals surface area contributed by atoms with Gasteiger partial charge in [-0.2, -0.15) is 0 Å². The zero-order valence-electron chi connectivity index (χ0n) is 9.82. The molecule has 0 fully saturated rings. The van der Waals surface area contributed by atoms with Gasteiger partial charge in [-0.3, -0.25) is 9.59 Å². The minimum atomic E-state index is -0.984. The van der Waals surface area contributed by atoms with Crippen LogP contribution in [0.3, 0.4) is 0 Å². The Bertz CT molecular complexity index is 442. The molecule has 0 aliphatic heterocycles. The third kappa shape index (κ3) is 4.94. The predicted octanol–water partition coefficient (Wildman–Crippen LogP) is 2.82. The fourth-order valence-corrected chi connectivity index (χ4v) is 2.04. The van der Waals surface area contributed by atoms with Gasteiger partial charge in [0, 0.05) is 30.1 Å². The average Bonchev–Trinajstić information content (AvgIpc) is 2.24. The van der Waals surface area contributed by atoms with E-state index in [4.69, 9.17) is 28.3 Å². The van der Waals surface area contributed by atoms with Crippen LogP contribution in [0.15, 0.2) is 18.2 Å². The number of carboxylic acids is 1. The summed E-state index contributed by atoms with van der Waals surface area (Å²) < 4.78 is 0. The molecule has 0 saturated carbocycles. The monoisotopic (exact) mass is 289 g/mol. The topological polar surface area (TPSA) is 57.6 Å². The third-order valence-corrected chi connectivity index (χ3v) is 2.76. The predicted molar refractivity (Wildman–Crippen MR) is 69.8 cm³/mol. The Labute approximate surface area is 115 Å². The van der Waals surface area contributed by atoms with E-state index in [1.54, 1.807) is 25.2 Å². The van der Waals surface area contributed by atoms with Crippen LogP contribution in [0.5, 0.6) is 0 Å². The first-order chi connectivity index (χ1) is 8.38. The van der Waals surface area contributed by atoms with Crippen LogP contribution in [0.4, 0.5) is 0 Å². The van der Waals surface area contributed by atoms with Crippen molar-refractivity contribution in [2.45, 2.75) is 19.4 Å². The maximum atomic E-state index is 11.6. The van der Waals surface area contributed by atoms with Crippen molar-refractivity contribution < 1.29 is 14.7 Å². The van der Waals surface area contributed by atoms with Crippen LogP contribution in [-0.4, -0.2) is 28.9 Å². The van der Waals surface area contributed by atoms with Crippen LogP contribution in [0.1, 0.15) is 18.4 Å². The Balaban J connectivity index is 2.60. The lowest BCUT2D eigenvalue weighted by atomic mass is 10.2. The molecule has 0 bridgehead atoms. The van der Waals surface area contributed by atoms with Crippen LogP contribution in [0.25, 0.3) is 0 Å². The molecule has 4 nitrogen and oxygen atoms in total. The molecule has 0 aliphatic carbocycles. The summed E-state index contributed by atoms with van der Waals surface area (Å²) in [5, 5.41) is 9.51. The molecular weight excluding hydrogens is 277 g/mol. The van der Waals surface area contributed by atoms with E-state index < -0.39 is 5.97 Å².